The van der Waals surface area contributed by atoms with Gasteiger partial charge in [-0.25, -0.2) is 0 Å². The van der Waals surface area contributed by atoms with Crippen LogP contribution in [-0.2, 0) is 0 Å². The topological polar surface area (TPSA) is 42.0 Å². The number of nitrogens with one attached hydrogen (secondary N) is 1. The molecule has 120 valence electrons. The molecule has 3 nitrogen and oxygen atoms in total. The van der Waals surface area contributed by atoms with Crippen LogP contribution < -0.4 is 5.32 Å². The van der Waals surface area contributed by atoms with Gasteiger partial charge < -0.3 is 5.32 Å². The highest BCUT2D eigenvalue weighted by atomic mass is 16.1. The van der Waals surface area contributed by atoms with E-state index in [-0.39, 0.29) is 5.91 Å². The molecule has 3 rings (SSSR count). The number of hydrogen-bond acceptors (Lipinski definition) is 2. The summed E-state index contributed by atoms with van der Waals surface area (Å²) in [4.78, 5) is 17.2. The van der Waals surface area contributed by atoms with Crippen LogP contribution in [0.5, 0.6) is 0 Å². The summed E-state index contributed by atoms with van der Waals surface area (Å²) in [7, 11) is 0. The maximum atomic E-state index is 12.6. The molecule has 0 radical (unpaired) electrons. The molecular weight excluding hydrogens is 296 g/mol. The average Bonchev–Trinajstić information content (AvgIpc) is 2.59. The van der Waals surface area contributed by atoms with Crippen molar-refractivity contribution in [3.63, 3.8) is 0 Å². The number of hydrogen-bond donors (Lipinski definition) is 1. The Bertz CT molecular complexity index is 886. The number of nitrogens with zero attached hydrogens (tertiary/aromatic N) is 1. The number of anilines is 1. The Balaban J connectivity index is 1.87. The molecule has 24 heavy (non-hydrogen) atoms. The van der Waals surface area contributed by atoms with E-state index in [0.29, 0.717) is 5.56 Å². The summed E-state index contributed by atoms with van der Waals surface area (Å²) >= 11 is 0. The molecule has 0 saturated carbocycles. The molecule has 0 bridgehead atoms. The van der Waals surface area contributed by atoms with Gasteiger partial charge in [0.2, 0.25) is 0 Å². The number of benzene rings is 2. The summed E-state index contributed by atoms with van der Waals surface area (Å²) in [5.41, 5.74) is 6.30. The Kier molecular flexibility index (Phi) is 4.43. The number of carbonyl (C=O) groups is 1. The van der Waals surface area contributed by atoms with Crippen LogP contribution in [0, 0.1) is 20.8 Å². The van der Waals surface area contributed by atoms with E-state index in [4.69, 9.17) is 0 Å². The summed E-state index contributed by atoms with van der Waals surface area (Å²) in [5.74, 6) is -0.131. The number of rotatable bonds is 3. The third-order valence-electron chi connectivity index (χ3n) is 4.25. The van der Waals surface area contributed by atoms with Crippen molar-refractivity contribution >= 4 is 11.6 Å². The lowest BCUT2D eigenvalue weighted by molar-refractivity contribution is 0.102. The summed E-state index contributed by atoms with van der Waals surface area (Å²) < 4.78 is 0. The van der Waals surface area contributed by atoms with Crippen LogP contribution in [0.3, 0.4) is 0 Å². The molecule has 1 heterocycles. The van der Waals surface area contributed by atoms with Gasteiger partial charge >= 0.3 is 0 Å². The van der Waals surface area contributed by atoms with Gasteiger partial charge in [-0.05, 0) is 50.1 Å². The van der Waals surface area contributed by atoms with E-state index in [0.717, 1.165) is 33.8 Å². The van der Waals surface area contributed by atoms with Gasteiger partial charge in [0.05, 0.1) is 17.0 Å². The van der Waals surface area contributed by atoms with Crippen LogP contribution in [0.25, 0.3) is 11.3 Å². The molecule has 0 aliphatic rings. The van der Waals surface area contributed by atoms with E-state index >= 15 is 0 Å². The Labute approximate surface area is 142 Å². The lowest BCUT2D eigenvalue weighted by atomic mass is 10.1. The van der Waals surface area contributed by atoms with Crippen molar-refractivity contribution in [2.45, 2.75) is 20.8 Å². The number of aromatic nitrogens is 1. The predicted octanol–water partition coefficient (Wildman–Crippen LogP) is 4.93. The molecule has 3 aromatic rings. The van der Waals surface area contributed by atoms with Crippen LogP contribution in [0.2, 0.25) is 0 Å². The molecule has 0 aliphatic heterocycles. The van der Waals surface area contributed by atoms with Crippen molar-refractivity contribution in [3.8, 4) is 11.3 Å². The second-order valence-corrected chi connectivity index (χ2v) is 5.90. The first-order chi connectivity index (χ1) is 11.6. The molecular formula is C21H20N2O. The second kappa shape index (κ2) is 6.67. The van der Waals surface area contributed by atoms with Gasteiger partial charge in [-0.1, -0.05) is 42.5 Å². The van der Waals surface area contributed by atoms with E-state index in [2.05, 4.69) is 10.3 Å². The van der Waals surface area contributed by atoms with Gasteiger partial charge in [-0.2, -0.15) is 0 Å². The molecule has 3 heteroatoms. The molecule has 0 fully saturated rings. The Morgan fingerprint density at radius 3 is 2.33 bits per heavy atom. The minimum atomic E-state index is -0.131. The zero-order chi connectivity index (χ0) is 17.1. The number of aryl methyl sites for hydroxylation is 2. The highest BCUT2D eigenvalue weighted by molar-refractivity contribution is 6.05. The lowest BCUT2D eigenvalue weighted by Gasteiger charge is -2.12. The summed E-state index contributed by atoms with van der Waals surface area (Å²) in [6, 6.07) is 19.6. The highest BCUT2D eigenvalue weighted by Crippen LogP contribution is 2.21. The molecule has 0 saturated heterocycles. The van der Waals surface area contributed by atoms with E-state index in [1.165, 1.54) is 0 Å². The van der Waals surface area contributed by atoms with Gasteiger partial charge in [-0.3, -0.25) is 9.78 Å². The largest absolute Gasteiger partial charge is 0.322 e. The molecule has 0 aliphatic carbocycles. The van der Waals surface area contributed by atoms with Crippen LogP contribution >= 0.6 is 0 Å². The summed E-state index contributed by atoms with van der Waals surface area (Å²) in [6.45, 7) is 5.91. The van der Waals surface area contributed by atoms with E-state index in [1.54, 1.807) is 0 Å². The Morgan fingerprint density at radius 2 is 1.62 bits per heavy atom. The summed E-state index contributed by atoms with van der Waals surface area (Å²) in [5, 5.41) is 2.99. The SMILES string of the molecule is Cc1cccc(NC(=O)c2ccc(-c3ccccc3)nc2C)c1C. The highest BCUT2D eigenvalue weighted by Gasteiger charge is 2.13. The standard InChI is InChI=1S/C21H20N2O/c1-14-8-7-11-19(15(14)2)23-21(24)18-12-13-20(22-16(18)3)17-9-5-4-6-10-17/h4-13H,1-3H3,(H,23,24). The second-order valence-electron chi connectivity index (χ2n) is 5.90. The normalized spacial score (nSPS) is 10.5. The smallest absolute Gasteiger partial charge is 0.257 e. The Hall–Kier alpha value is -2.94. The third-order valence-corrected chi connectivity index (χ3v) is 4.25. The van der Waals surface area contributed by atoms with E-state index in [9.17, 15) is 4.79 Å². The van der Waals surface area contributed by atoms with Gasteiger partial charge in [0.1, 0.15) is 0 Å². The first-order valence-corrected chi connectivity index (χ1v) is 7.97. The monoisotopic (exact) mass is 316 g/mol. The number of amides is 1. The van der Waals surface area contributed by atoms with Crippen LogP contribution in [-0.4, -0.2) is 10.9 Å². The molecule has 1 N–H and O–H groups in total. The minimum absolute atomic E-state index is 0.131. The van der Waals surface area contributed by atoms with Crippen molar-refractivity contribution in [2.75, 3.05) is 5.32 Å². The fourth-order valence-electron chi connectivity index (χ4n) is 2.65. The maximum absolute atomic E-state index is 12.6. The fourth-order valence-corrected chi connectivity index (χ4v) is 2.65. The molecule has 0 spiro atoms. The van der Waals surface area contributed by atoms with Crippen LogP contribution in [0.15, 0.2) is 60.7 Å². The first-order valence-electron chi connectivity index (χ1n) is 7.97. The van der Waals surface area contributed by atoms with Crippen molar-refractivity contribution in [3.05, 3.63) is 83.0 Å². The molecule has 1 aromatic heterocycles. The quantitative estimate of drug-likeness (QED) is 0.744. The predicted molar refractivity (Wildman–Crippen MR) is 98.3 cm³/mol. The van der Waals surface area contributed by atoms with Gasteiger partial charge in [0.15, 0.2) is 0 Å². The van der Waals surface area contributed by atoms with Crippen molar-refractivity contribution in [1.82, 2.24) is 4.98 Å². The van der Waals surface area contributed by atoms with Crippen LogP contribution in [0.1, 0.15) is 27.2 Å². The molecule has 1 amide bonds. The zero-order valence-corrected chi connectivity index (χ0v) is 14.1. The van der Waals surface area contributed by atoms with Gasteiger partial charge in [0, 0.05) is 11.3 Å². The van der Waals surface area contributed by atoms with Crippen molar-refractivity contribution < 1.29 is 4.79 Å². The van der Waals surface area contributed by atoms with Crippen molar-refractivity contribution in [1.29, 1.82) is 0 Å². The van der Waals surface area contributed by atoms with Crippen molar-refractivity contribution in [2.24, 2.45) is 0 Å². The zero-order valence-electron chi connectivity index (χ0n) is 14.1. The maximum Gasteiger partial charge on any atom is 0.257 e. The van der Waals surface area contributed by atoms with Crippen LogP contribution in [0.4, 0.5) is 5.69 Å². The summed E-state index contributed by atoms with van der Waals surface area (Å²) in [6.07, 6.45) is 0. The molecule has 2 aromatic carbocycles. The Morgan fingerprint density at radius 1 is 0.875 bits per heavy atom. The third kappa shape index (κ3) is 3.20. The van der Waals surface area contributed by atoms with Gasteiger partial charge in [0.25, 0.3) is 5.91 Å². The first kappa shape index (κ1) is 15.9. The van der Waals surface area contributed by atoms with E-state index < -0.39 is 0 Å². The van der Waals surface area contributed by atoms with Gasteiger partial charge in [-0.15, -0.1) is 0 Å². The average molecular weight is 316 g/mol. The lowest BCUT2D eigenvalue weighted by Crippen LogP contribution is -2.15. The fraction of sp³-hybridized carbons (Fsp3) is 0.143. The number of pyridine rings is 1. The van der Waals surface area contributed by atoms with E-state index in [1.807, 2.05) is 81.4 Å². The minimum Gasteiger partial charge on any atom is -0.322 e. The molecule has 0 unspecified atom stereocenters. The molecule has 0 atom stereocenters. The number of carbonyl (C=O) groups excluding carboxylic acids is 1.